The zero-order valence-electron chi connectivity index (χ0n) is 12.2. The summed E-state index contributed by atoms with van der Waals surface area (Å²) in [6.07, 6.45) is 1.07. The minimum Gasteiger partial charge on any atom is -0.309 e. The summed E-state index contributed by atoms with van der Waals surface area (Å²) in [7, 11) is 4.10. The quantitative estimate of drug-likeness (QED) is 0.825. The van der Waals surface area contributed by atoms with Crippen LogP contribution >= 0.6 is 11.6 Å². The van der Waals surface area contributed by atoms with Crippen molar-refractivity contribution in [3.63, 3.8) is 0 Å². The summed E-state index contributed by atoms with van der Waals surface area (Å²) in [6.45, 7) is 5.85. The average Bonchev–Trinajstić information content (AvgIpc) is 2.29. The molecule has 4 heteroatoms. The lowest BCUT2D eigenvalue weighted by Gasteiger charge is -2.24. The zero-order chi connectivity index (χ0) is 14.4. The molecule has 0 aliphatic rings. The molecule has 0 aromatic heterocycles. The van der Waals surface area contributed by atoms with Crippen LogP contribution in [0.25, 0.3) is 0 Å². The van der Waals surface area contributed by atoms with Gasteiger partial charge in [-0.25, -0.2) is 4.39 Å². The maximum atomic E-state index is 13.8. The van der Waals surface area contributed by atoms with Crippen LogP contribution < -0.4 is 5.32 Å². The molecule has 1 aromatic rings. The van der Waals surface area contributed by atoms with Crippen molar-refractivity contribution >= 4 is 11.6 Å². The van der Waals surface area contributed by atoms with Gasteiger partial charge in [-0.1, -0.05) is 37.6 Å². The number of hydrogen-bond acceptors (Lipinski definition) is 2. The number of halogens is 2. The van der Waals surface area contributed by atoms with E-state index in [1.165, 1.54) is 0 Å². The van der Waals surface area contributed by atoms with Crippen LogP contribution in [0.15, 0.2) is 18.2 Å². The molecule has 1 atom stereocenters. The summed E-state index contributed by atoms with van der Waals surface area (Å²) < 4.78 is 13.8. The normalized spacial score (nSPS) is 13.3. The van der Waals surface area contributed by atoms with Crippen LogP contribution in [0, 0.1) is 11.7 Å². The lowest BCUT2D eigenvalue weighted by Crippen LogP contribution is -2.39. The van der Waals surface area contributed by atoms with Gasteiger partial charge in [0.25, 0.3) is 0 Å². The Morgan fingerprint density at radius 2 is 2.00 bits per heavy atom. The van der Waals surface area contributed by atoms with Crippen molar-refractivity contribution in [1.29, 1.82) is 0 Å². The van der Waals surface area contributed by atoms with E-state index >= 15 is 0 Å². The molecule has 1 rings (SSSR count). The highest BCUT2D eigenvalue weighted by atomic mass is 35.5. The smallest absolute Gasteiger partial charge is 0.146 e. The molecular formula is C15H24ClFN2. The number of rotatable bonds is 7. The van der Waals surface area contributed by atoms with Crippen molar-refractivity contribution in [2.24, 2.45) is 5.92 Å². The second kappa shape index (κ2) is 7.83. The summed E-state index contributed by atoms with van der Waals surface area (Å²) >= 11 is 5.79. The monoisotopic (exact) mass is 286 g/mol. The predicted octanol–water partition coefficient (Wildman–Crippen LogP) is 3.55. The highest BCUT2D eigenvalue weighted by Gasteiger charge is 2.13. The standard InChI is InChI=1S/C15H24ClFN2/c1-11(2)8-13(10-19(3)4)18-9-12-6-5-7-14(16)15(12)17/h5-7,11,13,18H,8-10H2,1-4H3. The Morgan fingerprint density at radius 1 is 1.32 bits per heavy atom. The Bertz CT molecular complexity index is 384. The number of nitrogens with zero attached hydrogens (tertiary/aromatic N) is 1. The van der Waals surface area contributed by atoms with Crippen LogP contribution in [-0.2, 0) is 6.54 Å². The molecule has 0 saturated heterocycles. The van der Waals surface area contributed by atoms with E-state index < -0.39 is 0 Å². The van der Waals surface area contributed by atoms with Crippen molar-refractivity contribution in [3.8, 4) is 0 Å². The highest BCUT2D eigenvalue weighted by molar-refractivity contribution is 6.30. The summed E-state index contributed by atoms with van der Waals surface area (Å²) in [5, 5.41) is 3.61. The second-order valence-electron chi connectivity index (χ2n) is 5.68. The summed E-state index contributed by atoms with van der Waals surface area (Å²) in [4.78, 5) is 2.15. The Balaban J connectivity index is 2.62. The van der Waals surface area contributed by atoms with Gasteiger partial charge in [-0.05, 0) is 32.5 Å². The molecule has 0 aliphatic carbocycles. The molecule has 1 aromatic carbocycles. The summed E-state index contributed by atoms with van der Waals surface area (Å²) in [5.74, 6) is 0.298. The fourth-order valence-electron chi connectivity index (χ4n) is 2.17. The van der Waals surface area contributed by atoms with Crippen molar-refractivity contribution in [2.75, 3.05) is 20.6 Å². The molecule has 0 radical (unpaired) electrons. The molecule has 0 saturated carbocycles. The van der Waals surface area contributed by atoms with Gasteiger partial charge >= 0.3 is 0 Å². The Labute approximate surface area is 120 Å². The molecule has 0 fully saturated rings. The van der Waals surface area contributed by atoms with Crippen LogP contribution in [0.5, 0.6) is 0 Å². The third kappa shape index (κ3) is 5.89. The average molecular weight is 287 g/mol. The van der Waals surface area contributed by atoms with Crippen molar-refractivity contribution in [1.82, 2.24) is 10.2 Å². The molecule has 0 heterocycles. The molecule has 0 bridgehead atoms. The molecule has 0 aliphatic heterocycles. The van der Waals surface area contributed by atoms with E-state index in [-0.39, 0.29) is 10.8 Å². The van der Waals surface area contributed by atoms with Crippen molar-refractivity contribution < 1.29 is 4.39 Å². The van der Waals surface area contributed by atoms with E-state index in [1.807, 2.05) is 0 Å². The number of hydrogen-bond donors (Lipinski definition) is 1. The lowest BCUT2D eigenvalue weighted by molar-refractivity contribution is 0.304. The van der Waals surface area contributed by atoms with Crippen LogP contribution in [-0.4, -0.2) is 31.6 Å². The molecule has 19 heavy (non-hydrogen) atoms. The first-order chi connectivity index (χ1) is 8.90. The number of likely N-dealkylation sites (N-methyl/N-ethyl adjacent to an activating group) is 1. The first-order valence-corrected chi connectivity index (χ1v) is 7.09. The first kappa shape index (κ1) is 16.4. The molecule has 0 amide bonds. The van der Waals surface area contributed by atoms with Crippen LogP contribution in [0.2, 0.25) is 5.02 Å². The van der Waals surface area contributed by atoms with Gasteiger partial charge in [0.05, 0.1) is 5.02 Å². The van der Waals surface area contributed by atoms with Crippen LogP contribution in [0.1, 0.15) is 25.8 Å². The largest absolute Gasteiger partial charge is 0.309 e. The Kier molecular flexibility index (Phi) is 6.76. The van der Waals surface area contributed by atoms with Gasteiger partial charge in [0.2, 0.25) is 0 Å². The Morgan fingerprint density at radius 3 is 2.58 bits per heavy atom. The predicted molar refractivity (Wildman–Crippen MR) is 80.0 cm³/mol. The maximum Gasteiger partial charge on any atom is 0.146 e. The highest BCUT2D eigenvalue weighted by Crippen LogP contribution is 2.18. The van der Waals surface area contributed by atoms with Crippen molar-refractivity contribution in [2.45, 2.75) is 32.9 Å². The van der Waals surface area contributed by atoms with E-state index in [1.54, 1.807) is 18.2 Å². The fraction of sp³-hybridized carbons (Fsp3) is 0.600. The van der Waals surface area contributed by atoms with E-state index in [2.05, 4.69) is 38.2 Å². The third-order valence-corrected chi connectivity index (χ3v) is 3.25. The molecule has 108 valence electrons. The van der Waals surface area contributed by atoms with Gasteiger partial charge in [0.15, 0.2) is 0 Å². The van der Waals surface area contributed by atoms with Gasteiger partial charge in [-0.3, -0.25) is 0 Å². The SMILES string of the molecule is CC(C)CC(CN(C)C)NCc1cccc(Cl)c1F. The molecular weight excluding hydrogens is 263 g/mol. The zero-order valence-corrected chi connectivity index (χ0v) is 13.0. The van der Waals surface area contributed by atoms with Crippen LogP contribution in [0.4, 0.5) is 4.39 Å². The first-order valence-electron chi connectivity index (χ1n) is 6.71. The summed E-state index contributed by atoms with van der Waals surface area (Å²) in [6, 6.07) is 5.49. The minimum absolute atomic E-state index is 0.187. The second-order valence-corrected chi connectivity index (χ2v) is 6.09. The van der Waals surface area contributed by atoms with E-state index in [4.69, 9.17) is 11.6 Å². The number of benzene rings is 1. The third-order valence-electron chi connectivity index (χ3n) is 2.95. The topological polar surface area (TPSA) is 15.3 Å². The fourth-order valence-corrected chi connectivity index (χ4v) is 2.37. The van der Waals surface area contributed by atoms with E-state index in [9.17, 15) is 4.39 Å². The molecule has 2 nitrogen and oxygen atoms in total. The van der Waals surface area contributed by atoms with Gasteiger partial charge in [-0.15, -0.1) is 0 Å². The van der Waals surface area contributed by atoms with Gasteiger partial charge in [-0.2, -0.15) is 0 Å². The maximum absolute atomic E-state index is 13.8. The number of nitrogens with one attached hydrogen (secondary N) is 1. The lowest BCUT2D eigenvalue weighted by atomic mass is 10.0. The van der Waals surface area contributed by atoms with E-state index in [0.29, 0.717) is 24.1 Å². The van der Waals surface area contributed by atoms with Gasteiger partial charge in [0.1, 0.15) is 5.82 Å². The Hall–Kier alpha value is -0.640. The minimum atomic E-state index is -0.315. The van der Waals surface area contributed by atoms with Gasteiger partial charge < -0.3 is 10.2 Å². The van der Waals surface area contributed by atoms with Gasteiger partial charge in [0, 0.05) is 24.7 Å². The van der Waals surface area contributed by atoms with Crippen LogP contribution in [0.3, 0.4) is 0 Å². The molecule has 1 unspecified atom stereocenters. The molecule has 1 N–H and O–H groups in total. The molecule has 0 spiro atoms. The van der Waals surface area contributed by atoms with Crippen molar-refractivity contribution in [3.05, 3.63) is 34.6 Å². The van der Waals surface area contributed by atoms with E-state index in [0.717, 1.165) is 13.0 Å². The summed E-state index contributed by atoms with van der Waals surface area (Å²) in [5.41, 5.74) is 0.625.